The first-order valence-corrected chi connectivity index (χ1v) is 8.04. The van der Waals surface area contributed by atoms with Gasteiger partial charge in [0.15, 0.2) is 0 Å². The van der Waals surface area contributed by atoms with Crippen LogP contribution in [0.5, 0.6) is 5.75 Å². The van der Waals surface area contributed by atoms with Gasteiger partial charge in [-0.1, -0.05) is 32.9 Å². The van der Waals surface area contributed by atoms with Crippen LogP contribution in [0.3, 0.4) is 0 Å². The molecule has 2 nitrogen and oxygen atoms in total. The van der Waals surface area contributed by atoms with Crippen LogP contribution in [0.4, 0.5) is 0 Å². The third kappa shape index (κ3) is 2.58. The predicted molar refractivity (Wildman–Crippen MR) is 83.2 cm³/mol. The number of hydrogen-bond acceptors (Lipinski definition) is 2. The van der Waals surface area contributed by atoms with E-state index in [4.69, 9.17) is 4.74 Å². The molecular weight excluding hydrogens is 246 g/mol. The fourth-order valence-corrected chi connectivity index (χ4v) is 3.50. The predicted octanol–water partition coefficient (Wildman–Crippen LogP) is 4.10. The van der Waals surface area contributed by atoms with E-state index in [-0.39, 0.29) is 0 Å². The standard InChI is InChI=1S/C18H27NO/c1-5-8-19-17(15-11-18(15,3)4)13-6-7-16-14(10-13)9-12(2)20-16/h6-7,10,12,15,17,19H,5,8-9,11H2,1-4H3. The minimum atomic E-state index is 0.333. The zero-order valence-electron chi connectivity index (χ0n) is 13.2. The van der Waals surface area contributed by atoms with E-state index < -0.39 is 0 Å². The van der Waals surface area contributed by atoms with Gasteiger partial charge in [0.05, 0.1) is 0 Å². The zero-order chi connectivity index (χ0) is 14.3. The molecule has 3 unspecified atom stereocenters. The molecule has 0 saturated heterocycles. The molecule has 3 atom stereocenters. The molecule has 0 radical (unpaired) electrons. The summed E-state index contributed by atoms with van der Waals surface area (Å²) in [4.78, 5) is 0. The summed E-state index contributed by atoms with van der Waals surface area (Å²) in [5.74, 6) is 1.86. The normalized spacial score (nSPS) is 27.8. The molecule has 1 aliphatic carbocycles. The van der Waals surface area contributed by atoms with Crippen molar-refractivity contribution in [3.8, 4) is 5.75 Å². The SMILES string of the molecule is CCCNC(c1ccc2c(c1)CC(C)O2)C1CC1(C)C. The number of benzene rings is 1. The summed E-state index contributed by atoms with van der Waals surface area (Å²) in [5.41, 5.74) is 3.33. The van der Waals surface area contributed by atoms with Gasteiger partial charge in [-0.25, -0.2) is 0 Å². The largest absolute Gasteiger partial charge is 0.490 e. The van der Waals surface area contributed by atoms with Gasteiger partial charge >= 0.3 is 0 Å². The summed E-state index contributed by atoms with van der Waals surface area (Å²) in [5, 5.41) is 3.76. The first-order chi connectivity index (χ1) is 9.51. The second kappa shape index (κ2) is 5.07. The third-order valence-electron chi connectivity index (χ3n) is 4.89. The van der Waals surface area contributed by atoms with Crippen molar-refractivity contribution < 1.29 is 4.74 Å². The van der Waals surface area contributed by atoms with Gasteiger partial charge in [0.25, 0.3) is 0 Å². The van der Waals surface area contributed by atoms with Crippen molar-refractivity contribution >= 4 is 0 Å². The maximum Gasteiger partial charge on any atom is 0.123 e. The Bertz CT molecular complexity index is 494. The van der Waals surface area contributed by atoms with Gasteiger partial charge in [0.2, 0.25) is 0 Å². The first kappa shape index (κ1) is 13.9. The van der Waals surface area contributed by atoms with Crippen LogP contribution in [0, 0.1) is 11.3 Å². The van der Waals surface area contributed by atoms with E-state index >= 15 is 0 Å². The molecule has 0 bridgehead atoms. The minimum absolute atomic E-state index is 0.333. The van der Waals surface area contributed by atoms with Crippen LogP contribution >= 0.6 is 0 Å². The van der Waals surface area contributed by atoms with E-state index in [0.717, 1.165) is 24.6 Å². The Labute approximate surface area is 122 Å². The number of hydrogen-bond donors (Lipinski definition) is 1. The molecule has 0 amide bonds. The second-order valence-corrected chi connectivity index (χ2v) is 7.23. The lowest BCUT2D eigenvalue weighted by Crippen LogP contribution is -2.25. The highest BCUT2D eigenvalue weighted by Crippen LogP contribution is 2.58. The molecule has 1 aromatic carbocycles. The van der Waals surface area contributed by atoms with Crippen LogP contribution < -0.4 is 10.1 Å². The highest BCUT2D eigenvalue weighted by atomic mass is 16.5. The average molecular weight is 273 g/mol. The summed E-state index contributed by atoms with van der Waals surface area (Å²) in [6.45, 7) is 10.3. The molecule has 1 heterocycles. The van der Waals surface area contributed by atoms with E-state index in [1.54, 1.807) is 0 Å². The number of nitrogens with one attached hydrogen (secondary N) is 1. The van der Waals surface area contributed by atoms with E-state index in [2.05, 4.69) is 51.2 Å². The molecule has 2 heteroatoms. The molecule has 3 rings (SSSR count). The Kier molecular flexibility index (Phi) is 3.53. The molecule has 20 heavy (non-hydrogen) atoms. The van der Waals surface area contributed by atoms with Crippen LogP contribution in [0.1, 0.15) is 57.7 Å². The maximum absolute atomic E-state index is 5.82. The fourth-order valence-electron chi connectivity index (χ4n) is 3.50. The molecule has 1 aliphatic heterocycles. The lowest BCUT2D eigenvalue weighted by atomic mass is 9.94. The highest BCUT2D eigenvalue weighted by Gasteiger charge is 2.50. The Morgan fingerprint density at radius 2 is 2.15 bits per heavy atom. The summed E-state index contributed by atoms with van der Waals surface area (Å²) in [7, 11) is 0. The maximum atomic E-state index is 5.82. The number of fused-ring (bicyclic) bond motifs is 1. The smallest absolute Gasteiger partial charge is 0.123 e. The number of ether oxygens (including phenoxy) is 1. The molecule has 1 N–H and O–H groups in total. The minimum Gasteiger partial charge on any atom is -0.490 e. The summed E-state index contributed by atoms with van der Waals surface area (Å²) < 4.78 is 5.82. The molecule has 1 aromatic rings. The molecule has 1 fully saturated rings. The average Bonchev–Trinajstić information content (AvgIpc) is 2.85. The Hall–Kier alpha value is -1.02. The van der Waals surface area contributed by atoms with Crippen molar-refractivity contribution in [2.75, 3.05) is 6.54 Å². The van der Waals surface area contributed by atoms with E-state index in [1.165, 1.54) is 24.0 Å². The van der Waals surface area contributed by atoms with Crippen LogP contribution in [0.25, 0.3) is 0 Å². The van der Waals surface area contributed by atoms with Crippen LogP contribution in [0.15, 0.2) is 18.2 Å². The third-order valence-corrected chi connectivity index (χ3v) is 4.89. The van der Waals surface area contributed by atoms with E-state index in [1.807, 2.05) is 0 Å². The van der Waals surface area contributed by atoms with Gasteiger partial charge in [-0.05, 0) is 54.8 Å². The van der Waals surface area contributed by atoms with Gasteiger partial charge in [-0.15, -0.1) is 0 Å². The topological polar surface area (TPSA) is 21.3 Å². The molecule has 110 valence electrons. The van der Waals surface area contributed by atoms with Crippen molar-refractivity contribution in [3.63, 3.8) is 0 Å². The first-order valence-electron chi connectivity index (χ1n) is 8.04. The Morgan fingerprint density at radius 3 is 2.80 bits per heavy atom. The summed E-state index contributed by atoms with van der Waals surface area (Å²) in [6, 6.07) is 7.31. The van der Waals surface area contributed by atoms with Crippen molar-refractivity contribution in [1.29, 1.82) is 0 Å². The zero-order valence-corrected chi connectivity index (χ0v) is 13.2. The number of rotatable bonds is 5. The van der Waals surface area contributed by atoms with Crippen molar-refractivity contribution in [2.24, 2.45) is 11.3 Å². The van der Waals surface area contributed by atoms with Gasteiger partial charge < -0.3 is 10.1 Å². The molecular formula is C18H27NO. The van der Waals surface area contributed by atoms with Crippen molar-refractivity contribution in [2.45, 2.75) is 59.1 Å². The molecule has 1 saturated carbocycles. The Morgan fingerprint density at radius 1 is 1.40 bits per heavy atom. The van der Waals surface area contributed by atoms with Crippen molar-refractivity contribution in [3.05, 3.63) is 29.3 Å². The molecule has 2 aliphatic rings. The summed E-state index contributed by atoms with van der Waals surface area (Å²) >= 11 is 0. The Balaban J connectivity index is 1.83. The monoisotopic (exact) mass is 273 g/mol. The van der Waals surface area contributed by atoms with Crippen LogP contribution in [0.2, 0.25) is 0 Å². The van der Waals surface area contributed by atoms with Gasteiger partial charge in [0, 0.05) is 12.5 Å². The lowest BCUT2D eigenvalue weighted by Gasteiger charge is -2.21. The van der Waals surface area contributed by atoms with Crippen molar-refractivity contribution in [1.82, 2.24) is 5.32 Å². The van der Waals surface area contributed by atoms with Gasteiger partial charge in [0.1, 0.15) is 11.9 Å². The second-order valence-electron chi connectivity index (χ2n) is 7.23. The quantitative estimate of drug-likeness (QED) is 0.872. The van der Waals surface area contributed by atoms with Crippen LogP contribution in [-0.2, 0) is 6.42 Å². The summed E-state index contributed by atoms with van der Waals surface area (Å²) in [6.07, 6.45) is 3.91. The van der Waals surface area contributed by atoms with Gasteiger partial charge in [-0.2, -0.15) is 0 Å². The lowest BCUT2D eigenvalue weighted by molar-refractivity contribution is 0.254. The van der Waals surface area contributed by atoms with Gasteiger partial charge in [-0.3, -0.25) is 0 Å². The molecule has 0 spiro atoms. The van der Waals surface area contributed by atoms with E-state index in [0.29, 0.717) is 17.6 Å². The van der Waals surface area contributed by atoms with E-state index in [9.17, 15) is 0 Å². The molecule has 0 aromatic heterocycles. The van der Waals surface area contributed by atoms with Crippen LogP contribution in [-0.4, -0.2) is 12.6 Å². The fraction of sp³-hybridized carbons (Fsp3) is 0.667. The highest BCUT2D eigenvalue weighted by molar-refractivity contribution is 5.42.